The first kappa shape index (κ1) is 24.4. The summed E-state index contributed by atoms with van der Waals surface area (Å²) in [5.41, 5.74) is 3.29. The molecule has 1 aromatic heterocycles. The van der Waals surface area contributed by atoms with Gasteiger partial charge in [-0.25, -0.2) is 14.6 Å². The lowest BCUT2D eigenvalue weighted by Crippen LogP contribution is -2.51. The van der Waals surface area contributed by atoms with E-state index in [9.17, 15) is 19.5 Å². The van der Waals surface area contributed by atoms with Gasteiger partial charge in [0.25, 0.3) is 5.91 Å². The molecule has 0 saturated carbocycles. The molecule has 0 fully saturated rings. The minimum atomic E-state index is -1.38. The first-order chi connectivity index (χ1) is 16.7. The zero-order valence-corrected chi connectivity index (χ0v) is 20.5. The summed E-state index contributed by atoms with van der Waals surface area (Å²) < 4.78 is 5.58. The van der Waals surface area contributed by atoms with E-state index in [0.717, 1.165) is 22.3 Å². The highest BCUT2D eigenvalue weighted by Gasteiger charge is 2.34. The number of benzene rings is 2. The molecular formula is C26H27N3O5S. The minimum Gasteiger partial charge on any atom is -0.480 e. The van der Waals surface area contributed by atoms with Gasteiger partial charge in [-0.15, -0.1) is 11.3 Å². The molecule has 2 aromatic carbocycles. The predicted molar refractivity (Wildman–Crippen MR) is 133 cm³/mol. The fourth-order valence-electron chi connectivity index (χ4n) is 4.08. The molecule has 0 saturated heterocycles. The second kappa shape index (κ2) is 9.87. The quantitative estimate of drug-likeness (QED) is 0.418. The Hall–Kier alpha value is -3.72. The summed E-state index contributed by atoms with van der Waals surface area (Å²) in [6.45, 7) is 5.07. The van der Waals surface area contributed by atoms with Gasteiger partial charge in [0.2, 0.25) is 0 Å². The summed E-state index contributed by atoms with van der Waals surface area (Å²) in [6.07, 6.45) is -0.352. The van der Waals surface area contributed by atoms with Gasteiger partial charge in [0.1, 0.15) is 22.8 Å². The van der Waals surface area contributed by atoms with Crippen molar-refractivity contribution in [2.24, 2.45) is 0 Å². The molecule has 0 spiro atoms. The van der Waals surface area contributed by atoms with Crippen molar-refractivity contribution in [3.8, 4) is 11.1 Å². The zero-order chi connectivity index (χ0) is 25.2. The van der Waals surface area contributed by atoms with Gasteiger partial charge in [0.05, 0.1) is 6.04 Å². The molecule has 3 N–H and O–H groups in total. The van der Waals surface area contributed by atoms with Crippen molar-refractivity contribution in [3.63, 3.8) is 0 Å². The van der Waals surface area contributed by atoms with Crippen molar-refractivity contribution in [2.75, 3.05) is 6.61 Å². The van der Waals surface area contributed by atoms with Gasteiger partial charge in [-0.3, -0.25) is 4.79 Å². The molecule has 4 rings (SSSR count). The van der Waals surface area contributed by atoms with Crippen LogP contribution >= 0.6 is 11.3 Å². The smallest absolute Gasteiger partial charge is 0.407 e. The number of aliphatic carboxylic acids is 1. The average molecular weight is 494 g/mol. The van der Waals surface area contributed by atoms with Crippen molar-refractivity contribution in [2.45, 2.75) is 44.7 Å². The minimum absolute atomic E-state index is 0.0410. The third kappa shape index (κ3) is 4.90. The van der Waals surface area contributed by atoms with Crippen LogP contribution in [0.5, 0.6) is 0 Å². The Balaban J connectivity index is 1.37. The lowest BCUT2D eigenvalue weighted by atomic mass is 9.98. The number of alkyl carbamates (subject to hydrolysis) is 1. The lowest BCUT2D eigenvalue weighted by molar-refractivity contribution is -0.143. The van der Waals surface area contributed by atoms with E-state index in [1.54, 1.807) is 19.2 Å². The van der Waals surface area contributed by atoms with Crippen molar-refractivity contribution in [1.29, 1.82) is 0 Å². The SMILES string of the molecule is CCC(C)(NC(=O)c1csc(C(C)NC(=O)OCC2c3ccccc3-c3ccccc32)n1)C(=O)O. The second-order valence-electron chi connectivity index (χ2n) is 8.71. The standard InChI is InChI=1S/C26H27N3O5S/c1-4-26(3,24(31)32)29-22(30)21-14-35-23(28-21)15(2)27-25(33)34-13-20-18-11-7-5-9-16(18)17-10-6-8-12-19(17)20/h5-12,14-15,20H,4,13H2,1-3H3,(H,27,33)(H,29,30)(H,31,32). The normalized spacial score (nSPS) is 14.8. The van der Waals surface area contributed by atoms with E-state index in [1.165, 1.54) is 18.3 Å². The molecule has 8 nitrogen and oxygen atoms in total. The van der Waals surface area contributed by atoms with Crippen LogP contribution in [0.3, 0.4) is 0 Å². The third-order valence-corrected chi connectivity index (χ3v) is 7.40. The number of carboxylic acids is 1. The topological polar surface area (TPSA) is 118 Å². The molecule has 9 heteroatoms. The molecule has 182 valence electrons. The number of carbonyl (C=O) groups excluding carboxylic acids is 2. The van der Waals surface area contributed by atoms with Crippen LogP contribution in [-0.2, 0) is 9.53 Å². The summed E-state index contributed by atoms with van der Waals surface area (Å²) >= 11 is 1.21. The number of aromatic nitrogens is 1. The van der Waals surface area contributed by atoms with Gasteiger partial charge in [-0.2, -0.15) is 0 Å². The summed E-state index contributed by atoms with van der Waals surface area (Å²) in [6, 6.07) is 15.7. The second-order valence-corrected chi connectivity index (χ2v) is 9.60. The fraction of sp³-hybridized carbons (Fsp3) is 0.308. The van der Waals surface area contributed by atoms with Gasteiger partial charge in [-0.1, -0.05) is 55.5 Å². The van der Waals surface area contributed by atoms with Gasteiger partial charge in [-0.05, 0) is 42.5 Å². The van der Waals surface area contributed by atoms with Crippen molar-refractivity contribution < 1.29 is 24.2 Å². The average Bonchev–Trinajstić information content (AvgIpc) is 3.46. The van der Waals surface area contributed by atoms with Gasteiger partial charge in [0, 0.05) is 11.3 Å². The Morgan fingerprint density at radius 1 is 1.11 bits per heavy atom. The van der Waals surface area contributed by atoms with Crippen molar-refractivity contribution in [3.05, 3.63) is 75.7 Å². The number of nitrogens with zero attached hydrogens (tertiary/aromatic N) is 1. The largest absolute Gasteiger partial charge is 0.480 e. The van der Waals surface area contributed by atoms with Crippen LogP contribution in [0.15, 0.2) is 53.9 Å². The molecule has 1 heterocycles. The monoisotopic (exact) mass is 493 g/mol. The van der Waals surface area contributed by atoms with E-state index in [0.29, 0.717) is 5.01 Å². The van der Waals surface area contributed by atoms with Gasteiger partial charge in [0.15, 0.2) is 0 Å². The number of carboxylic acid groups (broad SMARTS) is 1. The number of hydrogen-bond acceptors (Lipinski definition) is 6. The summed E-state index contributed by atoms with van der Waals surface area (Å²) in [4.78, 5) is 40.8. The number of ether oxygens (including phenoxy) is 1. The molecule has 0 bridgehead atoms. The maximum Gasteiger partial charge on any atom is 0.407 e. The number of fused-ring (bicyclic) bond motifs is 3. The van der Waals surface area contributed by atoms with Gasteiger partial charge < -0.3 is 20.5 Å². The number of rotatable bonds is 8. The molecule has 2 unspecified atom stereocenters. The van der Waals surface area contributed by atoms with Crippen LogP contribution in [0.2, 0.25) is 0 Å². The van der Waals surface area contributed by atoms with Crippen LogP contribution in [0.25, 0.3) is 11.1 Å². The Bertz CT molecular complexity index is 1230. The first-order valence-electron chi connectivity index (χ1n) is 11.4. The fourth-order valence-corrected chi connectivity index (χ4v) is 4.88. The summed E-state index contributed by atoms with van der Waals surface area (Å²) in [7, 11) is 0. The van der Waals surface area contributed by atoms with Crippen LogP contribution in [0.4, 0.5) is 4.79 Å². The molecular weight excluding hydrogens is 466 g/mol. The van der Waals surface area contributed by atoms with E-state index in [-0.39, 0.29) is 24.6 Å². The molecule has 1 aliphatic carbocycles. The third-order valence-electron chi connectivity index (χ3n) is 6.37. The van der Waals surface area contributed by atoms with Crippen molar-refractivity contribution >= 4 is 29.3 Å². The Morgan fingerprint density at radius 2 is 1.71 bits per heavy atom. The number of nitrogens with one attached hydrogen (secondary N) is 2. The van der Waals surface area contributed by atoms with Crippen LogP contribution in [0, 0.1) is 0 Å². The number of hydrogen-bond donors (Lipinski definition) is 3. The maximum atomic E-state index is 12.5. The van der Waals surface area contributed by atoms with E-state index in [1.807, 2.05) is 24.3 Å². The Labute approximate surface area is 207 Å². The molecule has 0 radical (unpaired) electrons. The maximum absolute atomic E-state index is 12.5. The van der Waals surface area contributed by atoms with E-state index < -0.39 is 29.6 Å². The number of carbonyl (C=O) groups is 3. The molecule has 2 atom stereocenters. The Kier molecular flexibility index (Phi) is 6.88. The summed E-state index contributed by atoms with van der Waals surface area (Å²) in [5.74, 6) is -1.73. The molecule has 2 amide bonds. The van der Waals surface area contributed by atoms with Crippen LogP contribution in [-0.4, -0.2) is 40.2 Å². The van der Waals surface area contributed by atoms with E-state index in [4.69, 9.17) is 4.74 Å². The number of thiazole rings is 1. The van der Waals surface area contributed by atoms with E-state index in [2.05, 4.69) is 39.9 Å². The van der Waals surface area contributed by atoms with Crippen LogP contribution in [0.1, 0.15) is 65.8 Å². The number of amides is 2. The van der Waals surface area contributed by atoms with Gasteiger partial charge >= 0.3 is 12.1 Å². The lowest BCUT2D eigenvalue weighted by Gasteiger charge is -2.23. The highest BCUT2D eigenvalue weighted by Crippen LogP contribution is 2.44. The van der Waals surface area contributed by atoms with Crippen LogP contribution < -0.4 is 10.6 Å². The molecule has 3 aromatic rings. The Morgan fingerprint density at radius 3 is 2.29 bits per heavy atom. The molecule has 35 heavy (non-hydrogen) atoms. The van der Waals surface area contributed by atoms with E-state index >= 15 is 0 Å². The zero-order valence-electron chi connectivity index (χ0n) is 19.7. The van der Waals surface area contributed by atoms with Crippen molar-refractivity contribution in [1.82, 2.24) is 15.6 Å². The highest BCUT2D eigenvalue weighted by molar-refractivity contribution is 7.09. The predicted octanol–water partition coefficient (Wildman–Crippen LogP) is 4.73. The molecule has 0 aliphatic heterocycles. The highest BCUT2D eigenvalue weighted by atomic mass is 32.1. The first-order valence-corrected chi connectivity index (χ1v) is 12.2. The molecule has 1 aliphatic rings. The summed E-state index contributed by atoms with van der Waals surface area (Å²) in [5, 5.41) is 16.7.